The summed E-state index contributed by atoms with van der Waals surface area (Å²) in [6.45, 7) is 10.6. The Morgan fingerprint density at radius 1 is 1.06 bits per heavy atom. The van der Waals surface area contributed by atoms with Crippen molar-refractivity contribution in [1.29, 1.82) is 0 Å². The van der Waals surface area contributed by atoms with Gasteiger partial charge in [0.1, 0.15) is 23.2 Å². The van der Waals surface area contributed by atoms with Crippen LogP contribution in [0.3, 0.4) is 0 Å². The SMILES string of the molecule is COC(=O)c1ccc(C#CC(O)c2cc3c(cc2OCOC(C)OC)C(C)(C)CCC3(C)C)cc1O. The van der Waals surface area contributed by atoms with Gasteiger partial charge in [-0.2, -0.15) is 0 Å². The fourth-order valence-electron chi connectivity index (χ4n) is 4.33. The minimum absolute atomic E-state index is 0.0439. The van der Waals surface area contributed by atoms with Crippen molar-refractivity contribution < 1.29 is 34.0 Å². The number of ether oxygens (including phenoxy) is 4. The van der Waals surface area contributed by atoms with Gasteiger partial charge in [-0.05, 0) is 72.1 Å². The first kappa shape index (κ1) is 27.5. The van der Waals surface area contributed by atoms with Gasteiger partial charge in [0, 0.05) is 18.2 Å². The summed E-state index contributed by atoms with van der Waals surface area (Å²) < 4.78 is 21.3. The first-order valence-corrected chi connectivity index (χ1v) is 12.0. The molecule has 0 spiro atoms. The molecule has 36 heavy (non-hydrogen) atoms. The maximum Gasteiger partial charge on any atom is 0.341 e. The van der Waals surface area contributed by atoms with Crippen LogP contribution in [0, 0.1) is 11.8 Å². The van der Waals surface area contributed by atoms with Crippen molar-refractivity contribution in [2.24, 2.45) is 0 Å². The van der Waals surface area contributed by atoms with Crippen molar-refractivity contribution in [2.45, 2.75) is 70.7 Å². The molecule has 194 valence electrons. The lowest BCUT2D eigenvalue weighted by atomic mass is 9.62. The second-order valence-electron chi connectivity index (χ2n) is 10.3. The van der Waals surface area contributed by atoms with Gasteiger partial charge in [0.2, 0.25) is 0 Å². The fraction of sp³-hybridized carbons (Fsp3) is 0.483. The number of hydrogen-bond acceptors (Lipinski definition) is 7. The number of hydrogen-bond donors (Lipinski definition) is 2. The second-order valence-corrected chi connectivity index (χ2v) is 10.3. The molecule has 2 unspecified atom stereocenters. The summed E-state index contributed by atoms with van der Waals surface area (Å²) in [5.74, 6) is 5.33. The molecule has 3 rings (SSSR count). The number of carbonyl (C=O) groups excluding carboxylic acids is 1. The zero-order valence-electron chi connectivity index (χ0n) is 22.1. The van der Waals surface area contributed by atoms with Crippen LogP contribution in [0.1, 0.15) is 86.2 Å². The molecule has 1 aliphatic carbocycles. The van der Waals surface area contributed by atoms with Crippen LogP contribution in [-0.2, 0) is 25.0 Å². The van der Waals surface area contributed by atoms with Crippen LogP contribution in [0.15, 0.2) is 30.3 Å². The fourth-order valence-corrected chi connectivity index (χ4v) is 4.33. The van der Waals surface area contributed by atoms with Crippen LogP contribution in [0.5, 0.6) is 11.5 Å². The number of aromatic hydroxyl groups is 1. The first-order chi connectivity index (χ1) is 16.9. The lowest BCUT2D eigenvalue weighted by Crippen LogP contribution is -2.34. The first-order valence-electron chi connectivity index (χ1n) is 12.0. The minimum Gasteiger partial charge on any atom is -0.507 e. The number of phenols is 1. The summed E-state index contributed by atoms with van der Waals surface area (Å²) in [5.41, 5.74) is 3.26. The Hall–Kier alpha value is -3.05. The molecule has 2 aromatic rings. The molecule has 0 heterocycles. The number of aliphatic hydroxyl groups excluding tert-OH is 1. The Labute approximate surface area is 213 Å². The van der Waals surface area contributed by atoms with Crippen LogP contribution >= 0.6 is 0 Å². The zero-order valence-corrected chi connectivity index (χ0v) is 22.1. The van der Waals surface area contributed by atoms with Gasteiger partial charge in [0.05, 0.1) is 7.11 Å². The highest BCUT2D eigenvalue weighted by molar-refractivity contribution is 5.92. The highest BCUT2D eigenvalue weighted by Crippen LogP contribution is 2.48. The maximum atomic E-state index is 11.7. The van der Waals surface area contributed by atoms with Crippen molar-refractivity contribution in [3.63, 3.8) is 0 Å². The van der Waals surface area contributed by atoms with Crippen molar-refractivity contribution >= 4 is 5.97 Å². The molecule has 2 atom stereocenters. The topological polar surface area (TPSA) is 94.5 Å². The monoisotopic (exact) mass is 496 g/mol. The van der Waals surface area contributed by atoms with Crippen molar-refractivity contribution in [3.05, 3.63) is 58.1 Å². The number of carbonyl (C=O) groups is 1. The molecule has 0 saturated carbocycles. The van der Waals surface area contributed by atoms with Crippen molar-refractivity contribution in [3.8, 4) is 23.3 Å². The second kappa shape index (κ2) is 10.9. The Balaban J connectivity index is 2.00. The van der Waals surface area contributed by atoms with E-state index in [1.807, 2.05) is 12.1 Å². The van der Waals surface area contributed by atoms with Gasteiger partial charge >= 0.3 is 5.97 Å². The number of phenolic OH excluding ortho intramolecular Hbond substituents is 1. The molecule has 2 N–H and O–H groups in total. The molecule has 0 aliphatic heterocycles. The van der Waals surface area contributed by atoms with Crippen molar-refractivity contribution in [2.75, 3.05) is 21.0 Å². The van der Waals surface area contributed by atoms with E-state index in [9.17, 15) is 15.0 Å². The van der Waals surface area contributed by atoms with E-state index in [0.717, 1.165) is 18.4 Å². The number of aliphatic hydroxyl groups is 1. The number of methoxy groups -OCH3 is 2. The standard InChI is InChI=1S/C29H36O7/c1-18(33-6)35-17-36-26-16-23-22(28(2,3)12-13-29(23,4)5)15-21(26)24(30)11-9-19-8-10-20(25(31)14-19)27(32)34-7/h8,10,14-16,18,24,30-31H,12-13,17H2,1-7H3. The molecular weight excluding hydrogens is 460 g/mol. The molecule has 7 nitrogen and oxygen atoms in total. The zero-order chi connectivity index (χ0) is 26.7. The summed E-state index contributed by atoms with van der Waals surface area (Å²) in [5, 5.41) is 21.3. The number of esters is 1. The normalized spacial score (nSPS) is 17.2. The Bertz CT molecular complexity index is 1170. The summed E-state index contributed by atoms with van der Waals surface area (Å²) in [4.78, 5) is 11.7. The molecule has 0 fully saturated rings. The van der Waals surface area contributed by atoms with E-state index in [2.05, 4.69) is 44.3 Å². The van der Waals surface area contributed by atoms with E-state index in [4.69, 9.17) is 14.2 Å². The maximum absolute atomic E-state index is 11.7. The van der Waals surface area contributed by atoms with Gasteiger partial charge in [0.15, 0.2) is 13.1 Å². The van der Waals surface area contributed by atoms with Crippen LogP contribution in [0.4, 0.5) is 0 Å². The van der Waals surface area contributed by atoms with Crippen LogP contribution in [0.25, 0.3) is 0 Å². The van der Waals surface area contributed by atoms with Gasteiger partial charge in [-0.15, -0.1) is 0 Å². The average molecular weight is 497 g/mol. The van der Waals surface area contributed by atoms with E-state index in [-0.39, 0.29) is 28.9 Å². The van der Waals surface area contributed by atoms with Gasteiger partial charge in [-0.25, -0.2) is 4.79 Å². The van der Waals surface area contributed by atoms with Gasteiger partial charge < -0.3 is 29.2 Å². The van der Waals surface area contributed by atoms with E-state index in [1.54, 1.807) is 20.1 Å². The molecule has 0 saturated heterocycles. The van der Waals surface area contributed by atoms with Crippen molar-refractivity contribution in [1.82, 2.24) is 0 Å². The largest absolute Gasteiger partial charge is 0.507 e. The Kier molecular flexibility index (Phi) is 8.35. The van der Waals surface area contributed by atoms with Gasteiger partial charge in [-0.1, -0.05) is 39.5 Å². The summed E-state index contributed by atoms with van der Waals surface area (Å²) in [6.07, 6.45) is 0.464. The molecular formula is C29H36O7. The third kappa shape index (κ3) is 6.01. The van der Waals surface area contributed by atoms with Gasteiger partial charge in [0.25, 0.3) is 0 Å². The smallest absolute Gasteiger partial charge is 0.341 e. The molecule has 0 aromatic heterocycles. The number of benzene rings is 2. The highest BCUT2D eigenvalue weighted by Gasteiger charge is 2.38. The molecule has 0 radical (unpaired) electrons. The van der Waals surface area contributed by atoms with E-state index < -0.39 is 18.4 Å². The van der Waals surface area contributed by atoms with Crippen LogP contribution < -0.4 is 4.74 Å². The third-order valence-electron chi connectivity index (χ3n) is 6.88. The molecule has 0 bridgehead atoms. The Morgan fingerprint density at radius 2 is 1.69 bits per heavy atom. The number of fused-ring (bicyclic) bond motifs is 1. The van der Waals surface area contributed by atoms with Gasteiger partial charge in [-0.3, -0.25) is 0 Å². The Morgan fingerprint density at radius 3 is 2.28 bits per heavy atom. The average Bonchev–Trinajstić information content (AvgIpc) is 2.84. The molecule has 1 aliphatic rings. The predicted molar refractivity (Wildman–Crippen MR) is 136 cm³/mol. The van der Waals surface area contributed by atoms with Crippen LogP contribution in [0.2, 0.25) is 0 Å². The highest BCUT2D eigenvalue weighted by atomic mass is 16.7. The summed E-state index contributed by atoms with van der Waals surface area (Å²) in [6, 6.07) is 8.37. The summed E-state index contributed by atoms with van der Waals surface area (Å²) >= 11 is 0. The molecule has 7 heteroatoms. The quantitative estimate of drug-likeness (QED) is 0.318. The molecule has 2 aromatic carbocycles. The van der Waals surface area contributed by atoms with E-state index >= 15 is 0 Å². The minimum atomic E-state index is -1.16. The summed E-state index contributed by atoms with van der Waals surface area (Å²) in [7, 11) is 2.79. The lowest BCUT2D eigenvalue weighted by Gasteiger charge is -2.42. The number of rotatable bonds is 7. The van der Waals surface area contributed by atoms with E-state index in [1.165, 1.54) is 24.8 Å². The predicted octanol–water partition coefficient (Wildman–Crippen LogP) is 4.96. The lowest BCUT2D eigenvalue weighted by molar-refractivity contribution is -0.149. The van der Waals surface area contributed by atoms with Crippen LogP contribution in [-0.4, -0.2) is 43.5 Å². The molecule has 0 amide bonds. The van der Waals surface area contributed by atoms with E-state index in [0.29, 0.717) is 16.9 Å². The third-order valence-corrected chi connectivity index (χ3v) is 6.88.